The largest absolute Gasteiger partial charge is 0.362 e. The van der Waals surface area contributed by atoms with Crippen LogP contribution in [-0.4, -0.2) is 16.5 Å². The third kappa shape index (κ3) is 3.23. The molecule has 1 aromatic heterocycles. The molecule has 0 radical (unpaired) electrons. The normalized spacial score (nSPS) is 10.7. The summed E-state index contributed by atoms with van der Waals surface area (Å²) in [7, 11) is 0. The van der Waals surface area contributed by atoms with Gasteiger partial charge < -0.3 is 4.98 Å². The summed E-state index contributed by atoms with van der Waals surface area (Å²) in [4.78, 5) is 15.6. The average Bonchev–Trinajstić information content (AvgIpc) is 2.70. The Kier molecular flexibility index (Phi) is 4.04. The van der Waals surface area contributed by atoms with E-state index >= 15 is 0 Å². The molecule has 0 saturated carbocycles. The number of Topliss-reactive ketones (excluding diaryl/α,β-unsaturated/α-hetero) is 1. The number of aromatic amines is 1. The van der Waals surface area contributed by atoms with Crippen molar-refractivity contribution < 1.29 is 13.6 Å². The van der Waals surface area contributed by atoms with Crippen molar-refractivity contribution in [2.45, 2.75) is 18.7 Å². The second kappa shape index (κ2) is 5.57. The zero-order chi connectivity index (χ0) is 14.0. The van der Waals surface area contributed by atoms with Gasteiger partial charge in [-0.05, 0) is 38.1 Å². The van der Waals surface area contributed by atoms with E-state index in [2.05, 4.69) is 4.98 Å². The third-order valence-electron chi connectivity index (χ3n) is 2.71. The number of carbonyl (C=O) groups is 1. The predicted octanol–water partition coefficient (Wildman–Crippen LogP) is 3.88. The minimum Gasteiger partial charge on any atom is -0.362 e. The quantitative estimate of drug-likeness (QED) is 0.681. The van der Waals surface area contributed by atoms with Crippen LogP contribution in [-0.2, 0) is 0 Å². The Balaban J connectivity index is 2.04. The topological polar surface area (TPSA) is 32.9 Å². The first-order chi connectivity index (χ1) is 8.97. The molecule has 1 aromatic carbocycles. The van der Waals surface area contributed by atoms with Crippen molar-refractivity contribution in [1.29, 1.82) is 0 Å². The van der Waals surface area contributed by atoms with Crippen LogP contribution in [0.25, 0.3) is 0 Å². The van der Waals surface area contributed by atoms with Crippen LogP contribution in [0.5, 0.6) is 0 Å². The van der Waals surface area contributed by atoms with Crippen molar-refractivity contribution >= 4 is 17.5 Å². The number of carbonyl (C=O) groups excluding carboxylic acids is 1. The van der Waals surface area contributed by atoms with Gasteiger partial charge >= 0.3 is 0 Å². The summed E-state index contributed by atoms with van der Waals surface area (Å²) < 4.78 is 25.8. The maximum atomic E-state index is 13.0. The SMILES string of the molecule is Cc1cc(C(=O)CSc2ccc(F)c(F)c2)c(C)[nH]1. The van der Waals surface area contributed by atoms with Gasteiger partial charge in [-0.3, -0.25) is 4.79 Å². The van der Waals surface area contributed by atoms with Gasteiger partial charge in [-0.2, -0.15) is 0 Å². The minimum absolute atomic E-state index is 0.0309. The van der Waals surface area contributed by atoms with Gasteiger partial charge in [0.25, 0.3) is 0 Å². The summed E-state index contributed by atoms with van der Waals surface area (Å²) in [6.45, 7) is 3.72. The predicted molar refractivity (Wildman–Crippen MR) is 71.7 cm³/mol. The van der Waals surface area contributed by atoms with Crippen molar-refractivity contribution in [1.82, 2.24) is 4.98 Å². The van der Waals surface area contributed by atoms with Crippen LogP contribution >= 0.6 is 11.8 Å². The van der Waals surface area contributed by atoms with Gasteiger partial charge in [-0.1, -0.05) is 0 Å². The Labute approximate surface area is 114 Å². The number of benzene rings is 1. The number of hydrogen-bond donors (Lipinski definition) is 1. The third-order valence-corrected chi connectivity index (χ3v) is 3.70. The molecule has 0 bridgehead atoms. The molecule has 0 aliphatic heterocycles. The van der Waals surface area contributed by atoms with Gasteiger partial charge in [-0.25, -0.2) is 8.78 Å². The Morgan fingerprint density at radius 3 is 2.53 bits per heavy atom. The molecule has 5 heteroatoms. The summed E-state index contributed by atoms with van der Waals surface area (Å²) in [5, 5.41) is 0. The molecule has 2 aromatic rings. The molecule has 19 heavy (non-hydrogen) atoms. The fourth-order valence-corrected chi connectivity index (χ4v) is 2.61. The lowest BCUT2D eigenvalue weighted by molar-refractivity contribution is 0.102. The number of aromatic nitrogens is 1. The van der Waals surface area contributed by atoms with Crippen LogP contribution in [0, 0.1) is 25.5 Å². The molecule has 0 amide bonds. The van der Waals surface area contributed by atoms with Crippen molar-refractivity contribution in [3.63, 3.8) is 0 Å². The van der Waals surface area contributed by atoms with Crippen molar-refractivity contribution in [2.24, 2.45) is 0 Å². The monoisotopic (exact) mass is 281 g/mol. The Bertz CT molecular complexity index is 622. The minimum atomic E-state index is -0.897. The van der Waals surface area contributed by atoms with Gasteiger partial charge in [0.05, 0.1) is 5.75 Å². The summed E-state index contributed by atoms with van der Waals surface area (Å²) >= 11 is 1.19. The van der Waals surface area contributed by atoms with Gasteiger partial charge in [-0.15, -0.1) is 11.8 Å². The van der Waals surface area contributed by atoms with Crippen molar-refractivity contribution in [2.75, 3.05) is 5.75 Å². The summed E-state index contributed by atoms with van der Waals surface area (Å²) in [6, 6.07) is 5.42. The number of halogens is 2. The maximum Gasteiger partial charge on any atom is 0.174 e. The molecule has 0 aliphatic carbocycles. The second-order valence-corrected chi connectivity index (χ2v) is 5.33. The zero-order valence-corrected chi connectivity index (χ0v) is 11.4. The Morgan fingerprint density at radius 2 is 1.95 bits per heavy atom. The molecule has 1 N–H and O–H groups in total. The van der Waals surface area contributed by atoms with E-state index in [0.717, 1.165) is 23.5 Å². The average molecular weight is 281 g/mol. The zero-order valence-electron chi connectivity index (χ0n) is 10.6. The van der Waals surface area contributed by atoms with E-state index in [4.69, 9.17) is 0 Å². The summed E-state index contributed by atoms with van der Waals surface area (Å²) in [5.41, 5.74) is 2.40. The van der Waals surface area contributed by atoms with E-state index in [9.17, 15) is 13.6 Å². The molecule has 0 spiro atoms. The van der Waals surface area contributed by atoms with Crippen LogP contribution in [0.15, 0.2) is 29.2 Å². The van der Waals surface area contributed by atoms with Crippen LogP contribution < -0.4 is 0 Å². The fourth-order valence-electron chi connectivity index (χ4n) is 1.81. The fraction of sp³-hybridized carbons (Fsp3) is 0.214. The molecule has 0 atom stereocenters. The van der Waals surface area contributed by atoms with Crippen molar-refractivity contribution in [3.8, 4) is 0 Å². The lowest BCUT2D eigenvalue weighted by Gasteiger charge is -2.02. The Hall–Kier alpha value is -1.62. The number of nitrogens with one attached hydrogen (secondary N) is 1. The van der Waals surface area contributed by atoms with E-state index < -0.39 is 11.6 Å². The van der Waals surface area contributed by atoms with Crippen molar-refractivity contribution in [3.05, 3.63) is 52.9 Å². The molecular formula is C14H13F2NOS. The summed E-state index contributed by atoms with van der Waals surface area (Å²) in [6.07, 6.45) is 0. The first kappa shape index (κ1) is 13.8. The number of ketones is 1. The van der Waals surface area contributed by atoms with Gasteiger partial charge in [0.1, 0.15) is 0 Å². The van der Waals surface area contributed by atoms with Crippen LogP contribution in [0.3, 0.4) is 0 Å². The molecule has 0 saturated heterocycles. The highest BCUT2D eigenvalue weighted by Gasteiger charge is 2.12. The van der Waals surface area contributed by atoms with Crippen LogP contribution in [0.2, 0.25) is 0 Å². The van der Waals surface area contributed by atoms with E-state index in [1.165, 1.54) is 17.8 Å². The molecule has 0 fully saturated rings. The lowest BCUT2D eigenvalue weighted by Crippen LogP contribution is -2.02. The van der Waals surface area contributed by atoms with Gasteiger partial charge in [0.2, 0.25) is 0 Å². The highest BCUT2D eigenvalue weighted by Crippen LogP contribution is 2.22. The van der Waals surface area contributed by atoms with E-state index in [-0.39, 0.29) is 11.5 Å². The Morgan fingerprint density at radius 1 is 1.21 bits per heavy atom. The number of hydrogen-bond acceptors (Lipinski definition) is 2. The number of H-pyrrole nitrogens is 1. The van der Waals surface area contributed by atoms with Crippen LogP contribution in [0.1, 0.15) is 21.7 Å². The first-order valence-corrected chi connectivity index (χ1v) is 6.73. The second-order valence-electron chi connectivity index (χ2n) is 4.28. The number of rotatable bonds is 4. The highest BCUT2D eigenvalue weighted by molar-refractivity contribution is 8.00. The number of aryl methyl sites for hydroxylation is 2. The smallest absolute Gasteiger partial charge is 0.174 e. The first-order valence-electron chi connectivity index (χ1n) is 5.74. The highest BCUT2D eigenvalue weighted by atomic mass is 32.2. The van der Waals surface area contributed by atoms with E-state index in [1.807, 2.05) is 13.8 Å². The lowest BCUT2D eigenvalue weighted by atomic mass is 10.2. The molecule has 0 unspecified atom stereocenters. The maximum absolute atomic E-state index is 13.0. The standard InChI is InChI=1S/C14H13F2NOS/c1-8-5-11(9(2)17-8)14(18)7-19-10-3-4-12(15)13(16)6-10/h3-6,17H,7H2,1-2H3. The number of thioether (sulfide) groups is 1. The molecular weight excluding hydrogens is 268 g/mol. The summed E-state index contributed by atoms with van der Waals surface area (Å²) in [5.74, 6) is -1.61. The molecule has 1 heterocycles. The van der Waals surface area contributed by atoms with E-state index in [1.54, 1.807) is 6.07 Å². The molecule has 2 rings (SSSR count). The van der Waals surface area contributed by atoms with Gasteiger partial charge in [0.15, 0.2) is 17.4 Å². The molecule has 2 nitrogen and oxygen atoms in total. The molecule has 0 aliphatic rings. The van der Waals surface area contributed by atoms with Gasteiger partial charge in [0, 0.05) is 21.8 Å². The van der Waals surface area contributed by atoms with E-state index in [0.29, 0.717) is 10.5 Å². The molecule has 100 valence electrons. The van der Waals surface area contributed by atoms with Crippen LogP contribution in [0.4, 0.5) is 8.78 Å².